The van der Waals surface area contributed by atoms with Crippen LogP contribution in [-0.2, 0) is 4.79 Å². The summed E-state index contributed by atoms with van der Waals surface area (Å²) in [5.41, 5.74) is 5.16. The van der Waals surface area contributed by atoms with Crippen LogP contribution in [0.3, 0.4) is 0 Å². The first-order valence-corrected chi connectivity index (χ1v) is 2.43. The van der Waals surface area contributed by atoms with Gasteiger partial charge in [-0.15, -0.1) is 0 Å². The van der Waals surface area contributed by atoms with Gasteiger partial charge >= 0.3 is 0 Å². The highest BCUT2D eigenvalue weighted by molar-refractivity contribution is 6.30. The molecule has 0 aliphatic heterocycles. The Balaban J connectivity index is 4.00. The molecule has 0 heterocycles. The average molecular weight is 127 g/mol. The molecule has 0 bridgehead atoms. The van der Waals surface area contributed by atoms with Crippen LogP contribution >= 0.6 is 0 Å². The monoisotopic (exact) mass is 127 g/mol. The van der Waals surface area contributed by atoms with E-state index in [1.165, 1.54) is 13.1 Å². The first-order valence-electron chi connectivity index (χ1n) is 2.43. The fourth-order valence-corrected chi connectivity index (χ4v) is 0.343. The Hall–Kier alpha value is -1.19. The lowest BCUT2D eigenvalue weighted by atomic mass is 10.6. The van der Waals surface area contributed by atoms with Crippen LogP contribution in [-0.4, -0.2) is 25.0 Å². The van der Waals surface area contributed by atoms with Crippen molar-refractivity contribution in [1.82, 2.24) is 0 Å². The molecule has 0 aliphatic rings. The van der Waals surface area contributed by atoms with E-state index in [2.05, 4.69) is 9.98 Å². The van der Waals surface area contributed by atoms with E-state index < -0.39 is 0 Å². The Morgan fingerprint density at radius 3 is 2.56 bits per heavy atom. The van der Waals surface area contributed by atoms with Crippen LogP contribution in [0.4, 0.5) is 0 Å². The number of nitrogens with two attached hydrogens (primary N) is 1. The van der Waals surface area contributed by atoms with E-state index in [1.54, 1.807) is 7.05 Å². The third-order valence-corrected chi connectivity index (χ3v) is 0.548. The van der Waals surface area contributed by atoms with E-state index >= 15 is 0 Å². The minimum absolute atomic E-state index is 0.144. The minimum atomic E-state index is -0.313. The summed E-state index contributed by atoms with van der Waals surface area (Å²) in [5.74, 6) is -0.169. The largest absolute Gasteiger partial charge is 0.382 e. The molecule has 1 amide bonds. The molecule has 0 fully saturated rings. The number of rotatable bonds is 1. The highest BCUT2D eigenvalue weighted by atomic mass is 16.1. The minimum Gasteiger partial charge on any atom is -0.382 e. The number of hydrogen-bond acceptors (Lipinski definition) is 2. The first-order chi connectivity index (χ1) is 4.16. The van der Waals surface area contributed by atoms with Crippen LogP contribution < -0.4 is 5.73 Å². The van der Waals surface area contributed by atoms with Crippen LogP contribution in [0, 0.1) is 0 Å². The highest BCUT2D eigenvalue weighted by Gasteiger charge is 1.86. The first kappa shape index (κ1) is 7.81. The lowest BCUT2D eigenvalue weighted by Crippen LogP contribution is -2.14. The predicted octanol–water partition coefficient (Wildman–Crippen LogP) is -0.409. The third-order valence-electron chi connectivity index (χ3n) is 0.548. The van der Waals surface area contributed by atoms with E-state index in [-0.39, 0.29) is 11.7 Å². The molecule has 2 N–H and O–H groups in total. The summed E-state index contributed by atoms with van der Waals surface area (Å²) in [6.45, 7) is 1.33. The van der Waals surface area contributed by atoms with Gasteiger partial charge in [-0.3, -0.25) is 9.79 Å². The molecule has 0 aromatic rings. The number of nitrogens with zero attached hydrogens (tertiary/aromatic N) is 2. The van der Waals surface area contributed by atoms with E-state index in [1.807, 2.05) is 0 Å². The Kier molecular flexibility index (Phi) is 3.27. The van der Waals surface area contributed by atoms with Gasteiger partial charge in [0.25, 0.3) is 0 Å². The highest BCUT2D eigenvalue weighted by Crippen LogP contribution is 1.69. The van der Waals surface area contributed by atoms with Gasteiger partial charge in [0.2, 0.25) is 5.91 Å². The lowest BCUT2D eigenvalue weighted by Gasteiger charge is -1.84. The summed E-state index contributed by atoms with van der Waals surface area (Å²) in [6, 6.07) is 0. The van der Waals surface area contributed by atoms with E-state index in [9.17, 15) is 4.79 Å². The maximum absolute atomic E-state index is 10.2. The molecule has 0 rings (SSSR count). The molecule has 50 valence electrons. The van der Waals surface area contributed by atoms with Crippen LogP contribution in [0.15, 0.2) is 9.98 Å². The van der Waals surface area contributed by atoms with Gasteiger partial charge in [-0.2, -0.15) is 4.99 Å². The van der Waals surface area contributed by atoms with Gasteiger partial charge in [0, 0.05) is 14.0 Å². The second-order valence-corrected chi connectivity index (χ2v) is 1.44. The number of amides is 1. The van der Waals surface area contributed by atoms with Crippen molar-refractivity contribution in [2.45, 2.75) is 6.92 Å². The van der Waals surface area contributed by atoms with Crippen LogP contribution in [0.25, 0.3) is 0 Å². The number of carbonyl (C=O) groups is 1. The maximum atomic E-state index is 10.2. The van der Waals surface area contributed by atoms with Crippen molar-refractivity contribution in [2.24, 2.45) is 15.7 Å². The molecule has 4 heteroatoms. The van der Waals surface area contributed by atoms with E-state index in [0.717, 1.165) is 0 Å². The zero-order valence-corrected chi connectivity index (χ0v) is 5.46. The van der Waals surface area contributed by atoms with E-state index in [0.29, 0.717) is 0 Å². The van der Waals surface area contributed by atoms with Gasteiger partial charge in [-0.1, -0.05) is 0 Å². The summed E-state index contributed by atoms with van der Waals surface area (Å²) >= 11 is 0. The summed E-state index contributed by atoms with van der Waals surface area (Å²) in [6.07, 6.45) is 1.32. The SMILES string of the molecule is C/N=C\C(N)=N/C(C)=O. The molecule has 0 atom stereocenters. The van der Waals surface area contributed by atoms with Crippen molar-refractivity contribution < 1.29 is 4.79 Å². The lowest BCUT2D eigenvalue weighted by molar-refractivity contribution is -0.115. The number of hydrogen-bond donors (Lipinski definition) is 1. The second kappa shape index (κ2) is 3.77. The number of aliphatic imine (C=N–C) groups is 2. The van der Waals surface area contributed by atoms with Gasteiger partial charge in [-0.25, -0.2) is 0 Å². The van der Waals surface area contributed by atoms with Gasteiger partial charge in [-0.05, 0) is 0 Å². The third kappa shape index (κ3) is 4.67. The topological polar surface area (TPSA) is 67.8 Å². The fourth-order valence-electron chi connectivity index (χ4n) is 0.343. The van der Waals surface area contributed by atoms with Crippen molar-refractivity contribution in [2.75, 3.05) is 7.05 Å². The Morgan fingerprint density at radius 1 is 1.67 bits per heavy atom. The van der Waals surface area contributed by atoms with Crippen LogP contribution in [0.1, 0.15) is 6.92 Å². The van der Waals surface area contributed by atoms with Crippen molar-refractivity contribution in [1.29, 1.82) is 0 Å². The molecule has 0 radical (unpaired) electrons. The quantitative estimate of drug-likeness (QED) is 0.384. The molecular weight excluding hydrogens is 118 g/mol. The Morgan fingerprint density at radius 2 is 2.22 bits per heavy atom. The zero-order chi connectivity index (χ0) is 7.28. The van der Waals surface area contributed by atoms with Gasteiger partial charge < -0.3 is 5.73 Å². The standard InChI is InChI=1S/C5H9N3O/c1-4(9)8-5(6)3-7-2/h3H,1-2H3,(H2,6,8,9)/b7-3-. The Labute approximate surface area is 53.5 Å². The number of carbonyl (C=O) groups excluding carboxylic acids is 1. The van der Waals surface area contributed by atoms with Crippen molar-refractivity contribution in [3.05, 3.63) is 0 Å². The second-order valence-electron chi connectivity index (χ2n) is 1.44. The molecule has 0 aromatic carbocycles. The van der Waals surface area contributed by atoms with Crippen LogP contribution in [0.5, 0.6) is 0 Å². The molecule has 0 saturated carbocycles. The zero-order valence-electron chi connectivity index (χ0n) is 5.46. The van der Waals surface area contributed by atoms with Gasteiger partial charge in [0.1, 0.15) is 5.84 Å². The van der Waals surface area contributed by atoms with Crippen molar-refractivity contribution in [3.63, 3.8) is 0 Å². The molecule has 0 aliphatic carbocycles. The number of amidine groups is 1. The smallest absolute Gasteiger partial charge is 0.244 e. The predicted molar refractivity (Wildman–Crippen MR) is 36.7 cm³/mol. The summed E-state index contributed by atoms with van der Waals surface area (Å²) in [4.78, 5) is 17.1. The molecule has 0 spiro atoms. The fraction of sp³-hybridized carbons (Fsp3) is 0.400. The summed E-state index contributed by atoms with van der Waals surface area (Å²) < 4.78 is 0. The molecule has 4 nitrogen and oxygen atoms in total. The van der Waals surface area contributed by atoms with Crippen molar-refractivity contribution in [3.8, 4) is 0 Å². The van der Waals surface area contributed by atoms with Gasteiger partial charge in [0.05, 0.1) is 6.21 Å². The molecule has 0 saturated heterocycles. The van der Waals surface area contributed by atoms with Crippen molar-refractivity contribution >= 4 is 18.0 Å². The molecule has 0 unspecified atom stereocenters. The van der Waals surface area contributed by atoms with Gasteiger partial charge in [0.15, 0.2) is 0 Å². The summed E-state index contributed by atoms with van der Waals surface area (Å²) in [7, 11) is 1.56. The normalized spacial score (nSPS) is 12.4. The Bertz CT molecular complexity index is 160. The average Bonchev–Trinajstić information content (AvgIpc) is 1.63. The molecule has 0 aromatic heterocycles. The molecule has 9 heavy (non-hydrogen) atoms. The maximum Gasteiger partial charge on any atom is 0.244 e. The molecular formula is C5H9N3O. The summed E-state index contributed by atoms with van der Waals surface area (Å²) in [5, 5.41) is 0. The van der Waals surface area contributed by atoms with Crippen LogP contribution in [0.2, 0.25) is 0 Å². The van der Waals surface area contributed by atoms with E-state index in [4.69, 9.17) is 5.73 Å².